The normalized spacial score (nSPS) is 18.6. The zero-order valence-corrected chi connectivity index (χ0v) is 13.0. The maximum atomic E-state index is 9.34. The molecule has 0 amide bonds. The van der Waals surface area contributed by atoms with E-state index in [4.69, 9.17) is 5.73 Å². The molecule has 1 aliphatic carbocycles. The highest BCUT2D eigenvalue weighted by Crippen LogP contribution is 2.38. The molecule has 4 heteroatoms. The molecule has 1 saturated carbocycles. The summed E-state index contributed by atoms with van der Waals surface area (Å²) < 4.78 is 1.10. The van der Waals surface area contributed by atoms with Gasteiger partial charge in [0.2, 0.25) is 0 Å². The first kappa shape index (κ1) is 15.0. The van der Waals surface area contributed by atoms with E-state index in [1.165, 1.54) is 18.4 Å². The molecule has 0 aromatic heterocycles. The average Bonchev–Trinajstić information content (AvgIpc) is 3.24. The number of hydrogen-bond donors (Lipinski definition) is 2. The molecule has 1 aromatic rings. The van der Waals surface area contributed by atoms with E-state index in [0.717, 1.165) is 10.9 Å². The van der Waals surface area contributed by atoms with Gasteiger partial charge in [0, 0.05) is 23.1 Å². The molecule has 0 saturated heterocycles. The number of benzene rings is 1. The summed E-state index contributed by atoms with van der Waals surface area (Å²) in [5.74, 6) is 0. The molecule has 0 heterocycles. The monoisotopic (exact) mass is 326 g/mol. The third-order valence-corrected chi connectivity index (χ3v) is 4.55. The van der Waals surface area contributed by atoms with E-state index in [0.29, 0.717) is 12.6 Å². The summed E-state index contributed by atoms with van der Waals surface area (Å²) in [5, 5.41) is 9.34. The Morgan fingerprint density at radius 1 is 1.42 bits per heavy atom. The standard InChI is InChI=1S/C15H23BrN2O/c1-2-14(17)15(12-5-3-4-6-13(12)16)18(9-10-19)11-7-8-11/h3-6,11,14-15,19H,2,7-10,17H2,1H3. The van der Waals surface area contributed by atoms with E-state index in [-0.39, 0.29) is 18.7 Å². The lowest BCUT2D eigenvalue weighted by Crippen LogP contribution is -2.43. The van der Waals surface area contributed by atoms with Crippen molar-refractivity contribution in [1.29, 1.82) is 0 Å². The summed E-state index contributed by atoms with van der Waals surface area (Å²) in [7, 11) is 0. The molecule has 3 N–H and O–H groups in total. The highest BCUT2D eigenvalue weighted by atomic mass is 79.9. The van der Waals surface area contributed by atoms with Gasteiger partial charge in [-0.15, -0.1) is 0 Å². The van der Waals surface area contributed by atoms with Crippen LogP contribution >= 0.6 is 15.9 Å². The Labute approximate surface area is 123 Å². The van der Waals surface area contributed by atoms with Crippen molar-refractivity contribution in [1.82, 2.24) is 4.90 Å². The predicted molar refractivity (Wildman–Crippen MR) is 82.0 cm³/mol. The van der Waals surface area contributed by atoms with E-state index in [1.807, 2.05) is 6.07 Å². The van der Waals surface area contributed by atoms with Crippen LogP contribution in [0, 0.1) is 0 Å². The quantitative estimate of drug-likeness (QED) is 0.809. The van der Waals surface area contributed by atoms with E-state index >= 15 is 0 Å². The van der Waals surface area contributed by atoms with Gasteiger partial charge in [-0.25, -0.2) is 0 Å². The second kappa shape index (κ2) is 6.84. The van der Waals surface area contributed by atoms with Crippen LogP contribution in [-0.4, -0.2) is 35.2 Å². The van der Waals surface area contributed by atoms with E-state index < -0.39 is 0 Å². The van der Waals surface area contributed by atoms with Crippen LogP contribution in [0.25, 0.3) is 0 Å². The van der Waals surface area contributed by atoms with Gasteiger partial charge in [0.25, 0.3) is 0 Å². The highest BCUT2D eigenvalue weighted by molar-refractivity contribution is 9.10. The van der Waals surface area contributed by atoms with Gasteiger partial charge in [0.1, 0.15) is 0 Å². The number of hydrogen-bond acceptors (Lipinski definition) is 3. The second-order valence-corrected chi connectivity index (χ2v) is 6.09. The van der Waals surface area contributed by atoms with Crippen LogP contribution in [0.3, 0.4) is 0 Å². The van der Waals surface area contributed by atoms with Gasteiger partial charge < -0.3 is 10.8 Å². The largest absolute Gasteiger partial charge is 0.395 e. The minimum Gasteiger partial charge on any atom is -0.395 e. The molecule has 106 valence electrons. The average molecular weight is 327 g/mol. The number of aliphatic hydroxyl groups excluding tert-OH is 1. The first-order valence-electron chi connectivity index (χ1n) is 7.05. The molecule has 2 rings (SSSR count). The summed E-state index contributed by atoms with van der Waals surface area (Å²) in [6.07, 6.45) is 3.37. The summed E-state index contributed by atoms with van der Waals surface area (Å²) in [6, 6.07) is 9.13. The van der Waals surface area contributed by atoms with Crippen molar-refractivity contribution in [2.45, 2.75) is 44.3 Å². The van der Waals surface area contributed by atoms with Crippen molar-refractivity contribution in [3.05, 3.63) is 34.3 Å². The van der Waals surface area contributed by atoms with Crippen LogP contribution in [0.15, 0.2) is 28.7 Å². The Bertz CT molecular complexity index is 409. The van der Waals surface area contributed by atoms with Gasteiger partial charge in [-0.1, -0.05) is 41.1 Å². The summed E-state index contributed by atoms with van der Waals surface area (Å²) in [4.78, 5) is 2.38. The molecule has 0 radical (unpaired) electrons. The Balaban J connectivity index is 2.31. The van der Waals surface area contributed by atoms with Gasteiger partial charge in [-0.2, -0.15) is 0 Å². The van der Waals surface area contributed by atoms with Crippen LogP contribution in [0.5, 0.6) is 0 Å². The number of aliphatic hydroxyl groups is 1. The van der Waals surface area contributed by atoms with Gasteiger partial charge in [0.15, 0.2) is 0 Å². The van der Waals surface area contributed by atoms with Crippen molar-refractivity contribution >= 4 is 15.9 Å². The van der Waals surface area contributed by atoms with Crippen LogP contribution in [0.1, 0.15) is 37.8 Å². The molecule has 1 aromatic carbocycles. The summed E-state index contributed by atoms with van der Waals surface area (Å²) in [5.41, 5.74) is 7.60. The molecule has 1 aliphatic rings. The first-order chi connectivity index (χ1) is 9.19. The van der Waals surface area contributed by atoms with Gasteiger partial charge in [-0.3, -0.25) is 4.90 Å². The Kier molecular flexibility index (Phi) is 5.39. The molecular formula is C15H23BrN2O. The first-order valence-corrected chi connectivity index (χ1v) is 7.85. The third kappa shape index (κ3) is 3.57. The molecule has 0 bridgehead atoms. The lowest BCUT2D eigenvalue weighted by atomic mass is 9.96. The van der Waals surface area contributed by atoms with Gasteiger partial charge >= 0.3 is 0 Å². The fourth-order valence-electron chi connectivity index (χ4n) is 2.66. The third-order valence-electron chi connectivity index (χ3n) is 3.83. The van der Waals surface area contributed by atoms with Crippen LogP contribution < -0.4 is 5.73 Å². The number of halogens is 1. The molecule has 0 aliphatic heterocycles. The predicted octanol–water partition coefficient (Wildman–Crippen LogP) is 2.68. The number of nitrogens with two attached hydrogens (primary N) is 1. The van der Waals surface area contributed by atoms with Crippen LogP contribution in [-0.2, 0) is 0 Å². The van der Waals surface area contributed by atoms with E-state index in [1.54, 1.807) is 0 Å². The molecule has 19 heavy (non-hydrogen) atoms. The minimum absolute atomic E-state index is 0.0887. The highest BCUT2D eigenvalue weighted by Gasteiger charge is 2.37. The fraction of sp³-hybridized carbons (Fsp3) is 0.600. The molecule has 2 atom stereocenters. The van der Waals surface area contributed by atoms with Crippen LogP contribution in [0.2, 0.25) is 0 Å². The Hall–Kier alpha value is -0.420. The molecule has 3 nitrogen and oxygen atoms in total. The zero-order valence-electron chi connectivity index (χ0n) is 11.4. The van der Waals surface area contributed by atoms with E-state index in [9.17, 15) is 5.11 Å². The van der Waals surface area contributed by atoms with Crippen molar-refractivity contribution in [2.24, 2.45) is 5.73 Å². The maximum Gasteiger partial charge on any atom is 0.0558 e. The minimum atomic E-state index is 0.0887. The SMILES string of the molecule is CCC(N)C(c1ccccc1Br)N(CCO)C1CC1. The molecular weight excluding hydrogens is 304 g/mol. The smallest absolute Gasteiger partial charge is 0.0558 e. The lowest BCUT2D eigenvalue weighted by molar-refractivity contribution is 0.124. The van der Waals surface area contributed by atoms with Crippen molar-refractivity contribution < 1.29 is 5.11 Å². The van der Waals surface area contributed by atoms with Gasteiger partial charge in [0.05, 0.1) is 12.6 Å². The van der Waals surface area contributed by atoms with Gasteiger partial charge in [-0.05, 0) is 30.9 Å². The fourth-order valence-corrected chi connectivity index (χ4v) is 3.18. The second-order valence-electron chi connectivity index (χ2n) is 5.23. The Morgan fingerprint density at radius 3 is 2.63 bits per heavy atom. The summed E-state index contributed by atoms with van der Waals surface area (Å²) >= 11 is 3.64. The van der Waals surface area contributed by atoms with Crippen molar-refractivity contribution in [3.8, 4) is 0 Å². The molecule has 0 spiro atoms. The van der Waals surface area contributed by atoms with Crippen LogP contribution in [0.4, 0.5) is 0 Å². The Morgan fingerprint density at radius 2 is 2.11 bits per heavy atom. The molecule has 2 unspecified atom stereocenters. The van der Waals surface area contributed by atoms with Crippen molar-refractivity contribution in [3.63, 3.8) is 0 Å². The summed E-state index contributed by atoms with van der Waals surface area (Å²) in [6.45, 7) is 3.01. The lowest BCUT2D eigenvalue weighted by Gasteiger charge is -2.36. The maximum absolute atomic E-state index is 9.34. The number of nitrogens with zero attached hydrogens (tertiary/aromatic N) is 1. The molecule has 1 fully saturated rings. The topological polar surface area (TPSA) is 49.5 Å². The zero-order chi connectivity index (χ0) is 13.8. The number of rotatable bonds is 7. The van der Waals surface area contributed by atoms with Crippen molar-refractivity contribution in [2.75, 3.05) is 13.2 Å². The van der Waals surface area contributed by atoms with E-state index in [2.05, 4.69) is 46.0 Å².